The van der Waals surface area contributed by atoms with Crippen molar-refractivity contribution >= 4 is 11.2 Å². The minimum atomic E-state index is -4.55. The molecule has 30 heavy (non-hydrogen) atoms. The Morgan fingerprint density at radius 1 is 1.27 bits per heavy atom. The summed E-state index contributed by atoms with van der Waals surface area (Å²) < 4.78 is 40.6. The van der Waals surface area contributed by atoms with Gasteiger partial charge in [-0.3, -0.25) is 4.68 Å². The molecule has 0 spiro atoms. The van der Waals surface area contributed by atoms with Gasteiger partial charge in [0.05, 0.1) is 29.7 Å². The number of aromatic hydroxyl groups is 1. The van der Waals surface area contributed by atoms with Gasteiger partial charge in [0.15, 0.2) is 5.65 Å². The second-order valence-corrected chi connectivity index (χ2v) is 7.35. The molecule has 0 saturated heterocycles. The molecule has 3 aromatic rings. The number of nitrogens with zero attached hydrogens (tertiary/aromatic N) is 5. The van der Waals surface area contributed by atoms with Gasteiger partial charge in [-0.2, -0.15) is 23.5 Å². The third-order valence-corrected chi connectivity index (χ3v) is 5.02. The topological polar surface area (TPSA) is 87.6 Å². The fourth-order valence-corrected chi connectivity index (χ4v) is 3.55. The minimum absolute atomic E-state index is 0.198. The number of hydrogen-bond donors (Lipinski definition) is 1. The summed E-state index contributed by atoms with van der Waals surface area (Å²) in [6.45, 7) is 4.18. The molecule has 2 aromatic heterocycles. The first-order valence-electron chi connectivity index (χ1n) is 9.71. The van der Waals surface area contributed by atoms with Crippen molar-refractivity contribution in [3.8, 4) is 23.1 Å². The smallest absolute Gasteiger partial charge is 0.416 e. The molecule has 0 bridgehead atoms. The van der Waals surface area contributed by atoms with Crippen molar-refractivity contribution in [3.05, 3.63) is 35.7 Å². The van der Waals surface area contributed by atoms with Crippen molar-refractivity contribution < 1.29 is 18.3 Å². The average Bonchev–Trinajstić information content (AvgIpc) is 3.07. The molecule has 0 radical (unpaired) electrons. The molecule has 1 atom stereocenters. The van der Waals surface area contributed by atoms with Crippen LogP contribution in [0.25, 0.3) is 22.4 Å². The first-order chi connectivity index (χ1) is 14.2. The normalized spacial score (nSPS) is 12.8. The lowest BCUT2D eigenvalue weighted by molar-refractivity contribution is -0.137. The van der Waals surface area contributed by atoms with Gasteiger partial charge in [0.1, 0.15) is 11.3 Å². The van der Waals surface area contributed by atoms with E-state index in [0.29, 0.717) is 36.1 Å². The molecule has 0 saturated carbocycles. The first-order valence-corrected chi connectivity index (χ1v) is 9.71. The second-order valence-electron chi connectivity index (χ2n) is 7.35. The average molecular weight is 417 g/mol. The maximum Gasteiger partial charge on any atom is 0.416 e. The van der Waals surface area contributed by atoms with Crippen LogP contribution in [0.2, 0.25) is 0 Å². The Labute approximate surface area is 172 Å². The van der Waals surface area contributed by atoms with Crippen LogP contribution in [0.4, 0.5) is 13.2 Å². The molecule has 0 fully saturated rings. The third-order valence-electron chi connectivity index (χ3n) is 5.02. The van der Waals surface area contributed by atoms with Crippen molar-refractivity contribution in [2.75, 3.05) is 0 Å². The van der Waals surface area contributed by atoms with E-state index in [1.54, 1.807) is 10.9 Å². The summed E-state index contributed by atoms with van der Waals surface area (Å²) >= 11 is 0. The molecule has 1 N–H and O–H groups in total. The second kappa shape index (κ2) is 8.69. The standard InChI is InChI=1S/C21H22F3N5O/c1-3-4-14(5-7-25)6-8-29-12-17-20(28-29)27-16(11-26-17)19-13(2)9-15(10-18(19)30)21(22,23)24/h9-12,14,30H,3-6,8H2,1-2H3. The lowest BCUT2D eigenvalue weighted by Gasteiger charge is -2.12. The van der Waals surface area contributed by atoms with Gasteiger partial charge in [-0.05, 0) is 43.4 Å². The summed E-state index contributed by atoms with van der Waals surface area (Å²) in [6, 6.07) is 3.88. The van der Waals surface area contributed by atoms with Gasteiger partial charge in [0.25, 0.3) is 0 Å². The molecule has 0 aliphatic carbocycles. The molecular weight excluding hydrogens is 395 g/mol. The quantitative estimate of drug-likeness (QED) is 0.568. The molecule has 6 nitrogen and oxygen atoms in total. The highest BCUT2D eigenvalue weighted by atomic mass is 19.4. The highest BCUT2D eigenvalue weighted by Gasteiger charge is 2.32. The van der Waals surface area contributed by atoms with Gasteiger partial charge in [-0.15, -0.1) is 0 Å². The molecule has 158 valence electrons. The summed E-state index contributed by atoms with van der Waals surface area (Å²) in [6.07, 6.45) is 1.91. The van der Waals surface area contributed by atoms with E-state index in [0.717, 1.165) is 25.3 Å². The van der Waals surface area contributed by atoms with Gasteiger partial charge < -0.3 is 5.11 Å². The van der Waals surface area contributed by atoms with Crippen LogP contribution < -0.4 is 0 Å². The molecule has 0 aliphatic heterocycles. The van der Waals surface area contributed by atoms with Crippen LogP contribution in [0, 0.1) is 24.2 Å². The lowest BCUT2D eigenvalue weighted by Crippen LogP contribution is -2.06. The number of hydrogen-bond acceptors (Lipinski definition) is 5. The van der Waals surface area contributed by atoms with E-state index in [9.17, 15) is 18.3 Å². The van der Waals surface area contributed by atoms with Crippen molar-refractivity contribution in [1.82, 2.24) is 19.7 Å². The number of aromatic nitrogens is 4. The maximum atomic E-state index is 12.9. The van der Waals surface area contributed by atoms with Crippen molar-refractivity contribution in [3.63, 3.8) is 0 Å². The summed E-state index contributed by atoms with van der Waals surface area (Å²) in [7, 11) is 0. The third kappa shape index (κ3) is 4.70. The van der Waals surface area contributed by atoms with Crippen molar-refractivity contribution in [2.45, 2.75) is 52.3 Å². The number of rotatable bonds is 7. The molecule has 0 amide bonds. The van der Waals surface area contributed by atoms with Crippen molar-refractivity contribution in [1.29, 1.82) is 5.26 Å². The summed E-state index contributed by atoms with van der Waals surface area (Å²) in [5.74, 6) is -0.204. The van der Waals surface area contributed by atoms with E-state index in [1.807, 2.05) is 0 Å². The Hall–Kier alpha value is -3.15. The molecule has 0 aliphatic rings. The number of halogens is 3. The van der Waals surface area contributed by atoms with Crippen LogP contribution in [-0.2, 0) is 12.7 Å². The zero-order chi connectivity index (χ0) is 21.9. The summed E-state index contributed by atoms with van der Waals surface area (Å²) in [5.41, 5.74) is 0.676. The van der Waals surface area contributed by atoms with Gasteiger partial charge in [0, 0.05) is 18.5 Å². The Kier molecular flexibility index (Phi) is 6.25. The van der Waals surface area contributed by atoms with E-state index >= 15 is 0 Å². The molecule has 1 unspecified atom stereocenters. The number of alkyl halides is 3. The Bertz CT molecular complexity index is 1060. The SMILES string of the molecule is CCCC(CC#N)CCn1cc2ncc(-c3c(C)cc(C(F)(F)F)cc3O)nc2n1. The Balaban J connectivity index is 1.87. The molecule has 9 heteroatoms. The maximum absolute atomic E-state index is 12.9. The Morgan fingerprint density at radius 3 is 2.67 bits per heavy atom. The number of fused-ring (bicyclic) bond motifs is 1. The van der Waals surface area contributed by atoms with Crippen LogP contribution in [0.5, 0.6) is 5.75 Å². The summed E-state index contributed by atoms with van der Waals surface area (Å²) in [4.78, 5) is 8.69. The van der Waals surface area contributed by atoms with Gasteiger partial charge >= 0.3 is 6.18 Å². The van der Waals surface area contributed by atoms with Crippen LogP contribution in [-0.4, -0.2) is 24.9 Å². The monoisotopic (exact) mass is 417 g/mol. The van der Waals surface area contributed by atoms with Crippen molar-refractivity contribution in [2.24, 2.45) is 5.92 Å². The summed E-state index contributed by atoms with van der Waals surface area (Å²) in [5, 5.41) is 23.5. The van der Waals surface area contributed by atoms with Gasteiger partial charge in [-0.1, -0.05) is 13.3 Å². The van der Waals surface area contributed by atoms with E-state index < -0.39 is 17.5 Å². The van der Waals surface area contributed by atoms with Crippen LogP contribution in [0.15, 0.2) is 24.5 Å². The minimum Gasteiger partial charge on any atom is -0.507 e. The fraction of sp³-hybridized carbons (Fsp3) is 0.429. The highest BCUT2D eigenvalue weighted by Crippen LogP contribution is 2.38. The predicted molar refractivity (Wildman–Crippen MR) is 105 cm³/mol. The van der Waals surface area contributed by atoms with Crippen LogP contribution >= 0.6 is 0 Å². The Morgan fingerprint density at radius 2 is 2.03 bits per heavy atom. The molecule has 3 rings (SSSR count). The number of aryl methyl sites for hydroxylation is 2. The van der Waals surface area contributed by atoms with Gasteiger partial charge in [-0.25, -0.2) is 9.97 Å². The number of phenolic OH excluding ortho intramolecular Hbond substituents is 1. The molecule has 1 aromatic carbocycles. The number of nitriles is 1. The van der Waals surface area contributed by atoms with Gasteiger partial charge in [0.2, 0.25) is 0 Å². The van der Waals surface area contributed by atoms with E-state index in [2.05, 4.69) is 28.1 Å². The lowest BCUT2D eigenvalue weighted by atomic mass is 9.97. The molecule has 2 heterocycles. The van der Waals surface area contributed by atoms with Crippen LogP contribution in [0.1, 0.15) is 43.7 Å². The first kappa shape index (κ1) is 21.6. The largest absolute Gasteiger partial charge is 0.507 e. The van der Waals surface area contributed by atoms with E-state index in [1.165, 1.54) is 13.1 Å². The zero-order valence-corrected chi connectivity index (χ0v) is 16.7. The van der Waals surface area contributed by atoms with E-state index in [4.69, 9.17) is 5.26 Å². The van der Waals surface area contributed by atoms with E-state index in [-0.39, 0.29) is 16.8 Å². The predicted octanol–water partition coefficient (Wildman–Crippen LogP) is 5.25. The fourth-order valence-electron chi connectivity index (χ4n) is 3.55. The molecular formula is C21H22F3N5O. The highest BCUT2D eigenvalue weighted by molar-refractivity contribution is 5.76. The number of phenols is 1. The zero-order valence-electron chi connectivity index (χ0n) is 16.7. The number of benzene rings is 1. The van der Waals surface area contributed by atoms with Crippen LogP contribution in [0.3, 0.4) is 0 Å².